The smallest absolute Gasteiger partial charge is 0.269 e. The molecule has 0 saturated heterocycles. The highest BCUT2D eigenvalue weighted by molar-refractivity contribution is 6.03. The molecule has 0 aliphatic carbocycles. The predicted molar refractivity (Wildman–Crippen MR) is 108 cm³/mol. The number of nitro benzene ring substituents is 1. The summed E-state index contributed by atoms with van der Waals surface area (Å²) < 4.78 is 0. The molecule has 0 atom stereocenters. The molecule has 29 heavy (non-hydrogen) atoms. The zero-order chi connectivity index (χ0) is 20.2. The fourth-order valence-electron chi connectivity index (χ4n) is 2.78. The monoisotopic (exact) mass is 385 g/mol. The van der Waals surface area contributed by atoms with E-state index in [4.69, 9.17) is 0 Å². The van der Waals surface area contributed by atoms with Crippen LogP contribution in [0, 0.1) is 10.1 Å². The molecule has 0 aliphatic heterocycles. The number of hydrogen-bond donors (Lipinski definition) is 2. The second-order valence-corrected chi connectivity index (χ2v) is 6.20. The van der Waals surface area contributed by atoms with Crippen molar-refractivity contribution in [1.82, 2.24) is 15.0 Å². The minimum atomic E-state index is -0.442. The molecule has 1 amide bonds. The summed E-state index contributed by atoms with van der Waals surface area (Å²) in [5, 5.41) is 13.5. The largest absolute Gasteiger partial charge is 0.338 e. The van der Waals surface area contributed by atoms with Gasteiger partial charge in [0.2, 0.25) is 0 Å². The van der Waals surface area contributed by atoms with Crippen LogP contribution in [0.3, 0.4) is 0 Å². The summed E-state index contributed by atoms with van der Waals surface area (Å²) in [6.07, 6.45) is 3.29. The van der Waals surface area contributed by atoms with Gasteiger partial charge < -0.3 is 10.3 Å². The van der Waals surface area contributed by atoms with Crippen molar-refractivity contribution in [3.8, 4) is 22.6 Å². The molecule has 2 heterocycles. The Bertz CT molecular complexity index is 1150. The number of aromatic amines is 1. The summed E-state index contributed by atoms with van der Waals surface area (Å²) in [5.74, 6) is 0.848. The van der Waals surface area contributed by atoms with Gasteiger partial charge in [-0.05, 0) is 42.0 Å². The predicted octanol–water partition coefficient (Wildman–Crippen LogP) is 4.30. The van der Waals surface area contributed by atoms with E-state index >= 15 is 0 Å². The number of benzene rings is 2. The number of pyridine rings is 1. The van der Waals surface area contributed by atoms with Gasteiger partial charge in [0, 0.05) is 29.5 Å². The van der Waals surface area contributed by atoms with Gasteiger partial charge in [0.1, 0.15) is 11.6 Å². The number of rotatable bonds is 5. The number of imidazole rings is 1. The third-order valence-corrected chi connectivity index (χ3v) is 4.29. The third kappa shape index (κ3) is 4.01. The maximum absolute atomic E-state index is 12.3. The fourth-order valence-corrected chi connectivity index (χ4v) is 2.78. The van der Waals surface area contributed by atoms with Crippen molar-refractivity contribution in [3.63, 3.8) is 0 Å². The SMILES string of the molecule is O=C(Nc1ccccn1)c1ccc(-c2cnc(-c3ccc([N+](=O)[O-])cc3)[nH]2)cc1. The molecule has 2 N–H and O–H groups in total. The zero-order valence-corrected chi connectivity index (χ0v) is 15.1. The molecule has 0 unspecified atom stereocenters. The summed E-state index contributed by atoms with van der Waals surface area (Å²) in [7, 11) is 0. The normalized spacial score (nSPS) is 10.5. The minimum Gasteiger partial charge on any atom is -0.338 e. The first kappa shape index (κ1) is 18.1. The number of carbonyl (C=O) groups is 1. The van der Waals surface area contributed by atoms with Gasteiger partial charge >= 0.3 is 0 Å². The van der Waals surface area contributed by atoms with Gasteiger partial charge in [0.25, 0.3) is 11.6 Å². The second kappa shape index (κ2) is 7.73. The maximum atomic E-state index is 12.3. The number of H-pyrrole nitrogens is 1. The van der Waals surface area contributed by atoms with Crippen LogP contribution in [0.15, 0.2) is 79.1 Å². The number of amides is 1. The Morgan fingerprint density at radius 2 is 1.66 bits per heavy atom. The third-order valence-electron chi connectivity index (χ3n) is 4.29. The van der Waals surface area contributed by atoms with Gasteiger partial charge in [-0.25, -0.2) is 9.97 Å². The number of nitrogens with one attached hydrogen (secondary N) is 2. The highest BCUT2D eigenvalue weighted by atomic mass is 16.6. The Hall–Kier alpha value is -4.33. The molecular weight excluding hydrogens is 370 g/mol. The minimum absolute atomic E-state index is 0.0279. The first-order valence-electron chi connectivity index (χ1n) is 8.73. The van der Waals surface area contributed by atoms with Gasteiger partial charge in [-0.1, -0.05) is 18.2 Å². The summed E-state index contributed by atoms with van der Waals surface area (Å²) in [6.45, 7) is 0. The molecule has 4 aromatic rings. The molecule has 0 radical (unpaired) electrons. The van der Waals surface area contributed by atoms with Crippen molar-refractivity contribution in [1.29, 1.82) is 0 Å². The van der Waals surface area contributed by atoms with E-state index in [0.29, 0.717) is 17.2 Å². The number of nitro groups is 1. The maximum Gasteiger partial charge on any atom is 0.269 e. The Kier molecular flexibility index (Phi) is 4.81. The van der Waals surface area contributed by atoms with Crippen LogP contribution in [-0.2, 0) is 0 Å². The molecule has 4 rings (SSSR count). The van der Waals surface area contributed by atoms with E-state index in [-0.39, 0.29) is 11.6 Å². The van der Waals surface area contributed by atoms with Crippen LogP contribution in [0.25, 0.3) is 22.6 Å². The lowest BCUT2D eigenvalue weighted by molar-refractivity contribution is -0.384. The Morgan fingerprint density at radius 1 is 0.931 bits per heavy atom. The van der Waals surface area contributed by atoms with E-state index in [9.17, 15) is 14.9 Å². The van der Waals surface area contributed by atoms with Crippen LogP contribution in [0.1, 0.15) is 10.4 Å². The van der Waals surface area contributed by atoms with E-state index < -0.39 is 4.92 Å². The van der Waals surface area contributed by atoms with Gasteiger partial charge in [0.05, 0.1) is 16.8 Å². The van der Waals surface area contributed by atoms with Crippen molar-refractivity contribution in [3.05, 3.63) is 94.8 Å². The van der Waals surface area contributed by atoms with Crippen LogP contribution in [0.2, 0.25) is 0 Å². The molecule has 8 nitrogen and oxygen atoms in total. The topological polar surface area (TPSA) is 114 Å². The first-order valence-corrected chi connectivity index (χ1v) is 8.73. The molecule has 0 bridgehead atoms. The average Bonchev–Trinajstić information content (AvgIpc) is 3.25. The lowest BCUT2D eigenvalue weighted by atomic mass is 10.1. The standard InChI is InChI=1S/C21H15N5O3/c27-21(25-19-3-1-2-12-22-19)16-6-4-14(5-7-16)18-13-23-20(24-18)15-8-10-17(11-9-15)26(28)29/h1-13H,(H,23,24)(H,22,25,27). The van der Waals surface area contributed by atoms with Crippen molar-refractivity contribution < 1.29 is 9.72 Å². The van der Waals surface area contributed by atoms with Crippen LogP contribution in [0.4, 0.5) is 11.5 Å². The van der Waals surface area contributed by atoms with Crippen molar-refractivity contribution >= 4 is 17.4 Å². The Balaban J connectivity index is 1.49. The molecule has 8 heteroatoms. The zero-order valence-electron chi connectivity index (χ0n) is 15.1. The van der Waals surface area contributed by atoms with Gasteiger partial charge in [-0.3, -0.25) is 14.9 Å². The van der Waals surface area contributed by atoms with Gasteiger partial charge in [-0.2, -0.15) is 0 Å². The summed E-state index contributed by atoms with van der Waals surface area (Å²) in [4.78, 5) is 34.2. The number of anilines is 1. The Morgan fingerprint density at radius 3 is 2.31 bits per heavy atom. The molecule has 142 valence electrons. The lowest BCUT2D eigenvalue weighted by Crippen LogP contribution is -2.12. The first-order chi connectivity index (χ1) is 14.1. The summed E-state index contributed by atoms with van der Waals surface area (Å²) >= 11 is 0. The molecule has 2 aromatic heterocycles. The molecule has 0 spiro atoms. The average molecular weight is 385 g/mol. The summed E-state index contributed by atoms with van der Waals surface area (Å²) in [6, 6.07) is 18.5. The van der Waals surface area contributed by atoms with E-state index in [0.717, 1.165) is 16.8 Å². The second-order valence-electron chi connectivity index (χ2n) is 6.20. The van der Waals surface area contributed by atoms with E-state index in [1.165, 1.54) is 12.1 Å². The highest BCUT2D eigenvalue weighted by Crippen LogP contribution is 2.24. The van der Waals surface area contributed by atoms with Crippen molar-refractivity contribution in [2.24, 2.45) is 0 Å². The van der Waals surface area contributed by atoms with E-state index in [2.05, 4.69) is 20.3 Å². The molecular formula is C21H15N5O3. The number of aromatic nitrogens is 3. The molecule has 0 fully saturated rings. The van der Waals surface area contributed by atoms with Crippen LogP contribution < -0.4 is 5.32 Å². The van der Waals surface area contributed by atoms with Crippen LogP contribution >= 0.6 is 0 Å². The summed E-state index contributed by atoms with van der Waals surface area (Å²) in [5.41, 5.74) is 2.91. The van der Waals surface area contributed by atoms with Crippen molar-refractivity contribution in [2.75, 3.05) is 5.32 Å². The Labute approximate surface area is 165 Å². The lowest BCUT2D eigenvalue weighted by Gasteiger charge is -2.05. The fraction of sp³-hybridized carbons (Fsp3) is 0. The number of carbonyl (C=O) groups excluding carboxylic acids is 1. The van der Waals surface area contributed by atoms with E-state index in [1.807, 2.05) is 12.1 Å². The van der Waals surface area contributed by atoms with Crippen LogP contribution in [0.5, 0.6) is 0 Å². The van der Waals surface area contributed by atoms with E-state index in [1.54, 1.807) is 54.9 Å². The molecule has 2 aromatic carbocycles. The number of nitrogens with zero attached hydrogens (tertiary/aromatic N) is 3. The molecule has 0 saturated carbocycles. The van der Waals surface area contributed by atoms with Crippen molar-refractivity contribution in [2.45, 2.75) is 0 Å². The quantitative estimate of drug-likeness (QED) is 0.393. The highest BCUT2D eigenvalue weighted by Gasteiger charge is 2.10. The van der Waals surface area contributed by atoms with Crippen LogP contribution in [-0.4, -0.2) is 25.8 Å². The van der Waals surface area contributed by atoms with Gasteiger partial charge in [-0.15, -0.1) is 0 Å². The number of non-ortho nitro benzene ring substituents is 1. The van der Waals surface area contributed by atoms with Gasteiger partial charge in [0.15, 0.2) is 0 Å². The number of hydrogen-bond acceptors (Lipinski definition) is 5. The molecule has 0 aliphatic rings.